The fourth-order valence-corrected chi connectivity index (χ4v) is 4.96. The van der Waals surface area contributed by atoms with Gasteiger partial charge in [-0.3, -0.25) is 10.1 Å². The highest BCUT2D eigenvalue weighted by molar-refractivity contribution is 7.14. The van der Waals surface area contributed by atoms with Crippen LogP contribution in [0.4, 0.5) is 33.8 Å². The topological polar surface area (TPSA) is 135 Å². The number of piperidine rings is 1. The molecule has 1 aliphatic heterocycles. The largest absolute Gasteiger partial charge is 0.494 e. The van der Waals surface area contributed by atoms with Crippen molar-refractivity contribution in [2.24, 2.45) is 0 Å². The third kappa shape index (κ3) is 5.89. The Morgan fingerprint density at radius 3 is 2.62 bits per heavy atom. The fraction of sp³-hybridized carbons (Fsp3) is 0.375. The molecule has 4 rings (SSSR count). The van der Waals surface area contributed by atoms with E-state index < -0.39 is 10.9 Å². The molecule has 3 aromatic rings. The minimum absolute atomic E-state index is 0.0607. The van der Waals surface area contributed by atoms with Gasteiger partial charge in [0, 0.05) is 30.9 Å². The highest BCUT2D eigenvalue weighted by Crippen LogP contribution is 2.35. The number of nitro groups is 1. The zero-order valence-corrected chi connectivity index (χ0v) is 21.9. The summed E-state index contributed by atoms with van der Waals surface area (Å²) >= 11 is 1.20. The lowest BCUT2D eigenvalue weighted by molar-refractivity contribution is -0.384. The van der Waals surface area contributed by atoms with Crippen molar-refractivity contribution in [1.82, 2.24) is 14.9 Å². The smallest absolute Gasteiger partial charge is 0.340 e. The van der Waals surface area contributed by atoms with Crippen LogP contribution in [0.1, 0.15) is 23.2 Å². The average Bonchev–Trinajstić information content (AvgIpc) is 3.36. The summed E-state index contributed by atoms with van der Waals surface area (Å²) in [5, 5.41) is 19.6. The number of nitrogens with one attached hydrogen (secondary N) is 2. The maximum atomic E-state index is 12.0. The number of anilines is 5. The molecule has 0 amide bonds. The Kier molecular flexibility index (Phi) is 8.04. The third-order valence-corrected chi connectivity index (χ3v) is 7.09. The average molecular weight is 528 g/mol. The number of nitrogens with zero attached hydrogens (tertiary/aromatic N) is 5. The lowest BCUT2D eigenvalue weighted by Gasteiger charge is -2.36. The van der Waals surface area contributed by atoms with Gasteiger partial charge in [0.2, 0.25) is 11.8 Å². The number of carbonyl (C=O) groups excluding carboxylic acids is 1. The molecule has 0 saturated carbocycles. The van der Waals surface area contributed by atoms with E-state index in [2.05, 4.69) is 44.5 Å². The molecular weight excluding hydrogens is 498 g/mol. The molecule has 1 fully saturated rings. The van der Waals surface area contributed by atoms with Gasteiger partial charge in [-0.15, -0.1) is 11.3 Å². The van der Waals surface area contributed by atoms with E-state index in [0.29, 0.717) is 22.5 Å². The fourth-order valence-electron chi connectivity index (χ4n) is 4.19. The van der Waals surface area contributed by atoms with Crippen LogP contribution < -0.4 is 20.3 Å². The minimum Gasteiger partial charge on any atom is -0.494 e. The lowest BCUT2D eigenvalue weighted by atomic mass is 10.0. The molecule has 0 spiro atoms. The molecular formula is C24H29N7O5S. The molecule has 196 valence electrons. The van der Waals surface area contributed by atoms with Crippen LogP contribution >= 0.6 is 11.3 Å². The summed E-state index contributed by atoms with van der Waals surface area (Å²) in [7, 11) is 7.08. The van der Waals surface area contributed by atoms with E-state index in [-0.39, 0.29) is 23.0 Å². The van der Waals surface area contributed by atoms with Gasteiger partial charge in [-0.2, -0.15) is 4.98 Å². The van der Waals surface area contributed by atoms with Gasteiger partial charge in [0.15, 0.2) is 0 Å². The summed E-state index contributed by atoms with van der Waals surface area (Å²) in [6, 6.07) is 7.98. The molecule has 3 heterocycles. The van der Waals surface area contributed by atoms with Gasteiger partial charge in [0.25, 0.3) is 0 Å². The van der Waals surface area contributed by atoms with E-state index in [1.54, 1.807) is 18.6 Å². The Morgan fingerprint density at radius 1 is 1.22 bits per heavy atom. The Hall–Kier alpha value is -3.97. The molecule has 1 saturated heterocycles. The normalized spacial score (nSPS) is 13.9. The number of carbonyl (C=O) groups is 1. The Morgan fingerprint density at radius 2 is 1.97 bits per heavy atom. The maximum absolute atomic E-state index is 12.0. The number of ether oxygens (including phenoxy) is 2. The zero-order chi connectivity index (χ0) is 26.5. The van der Waals surface area contributed by atoms with E-state index in [1.807, 2.05) is 18.2 Å². The molecule has 0 radical (unpaired) electrons. The second-order valence-electron chi connectivity index (χ2n) is 8.66. The predicted molar refractivity (Wildman–Crippen MR) is 143 cm³/mol. The molecule has 2 N–H and O–H groups in total. The van der Waals surface area contributed by atoms with Gasteiger partial charge in [0.05, 0.1) is 30.4 Å². The van der Waals surface area contributed by atoms with E-state index >= 15 is 0 Å². The number of thiophene rings is 1. The third-order valence-electron chi connectivity index (χ3n) is 6.26. The van der Waals surface area contributed by atoms with Crippen molar-refractivity contribution < 1.29 is 19.2 Å². The summed E-state index contributed by atoms with van der Waals surface area (Å²) in [6.07, 6.45) is 3.28. The van der Waals surface area contributed by atoms with E-state index in [1.165, 1.54) is 18.4 Å². The maximum Gasteiger partial charge on any atom is 0.340 e. The number of methoxy groups -OCH3 is 2. The molecule has 1 aromatic carbocycles. The Balaban J connectivity index is 1.56. The van der Waals surface area contributed by atoms with E-state index in [4.69, 9.17) is 9.47 Å². The van der Waals surface area contributed by atoms with Crippen LogP contribution in [-0.2, 0) is 4.74 Å². The molecule has 1 aliphatic rings. The van der Waals surface area contributed by atoms with Crippen LogP contribution in [0.25, 0.3) is 0 Å². The van der Waals surface area contributed by atoms with Crippen LogP contribution in [-0.4, -0.2) is 73.2 Å². The van der Waals surface area contributed by atoms with Crippen LogP contribution in [0.5, 0.6) is 5.75 Å². The van der Waals surface area contributed by atoms with E-state index in [0.717, 1.165) is 37.8 Å². The lowest BCUT2D eigenvalue weighted by Crippen LogP contribution is -2.41. The molecule has 0 aliphatic carbocycles. The van der Waals surface area contributed by atoms with Gasteiger partial charge in [-0.1, -0.05) is 0 Å². The molecule has 2 aromatic heterocycles. The first-order valence-corrected chi connectivity index (χ1v) is 12.5. The predicted octanol–water partition coefficient (Wildman–Crippen LogP) is 4.26. The Labute approximate surface area is 218 Å². The SMILES string of the molecule is COC(=O)c1ccsc1Nc1nc(Nc2ccc(N3CCC(N(C)C)CC3)cc2OC)ncc1[N+](=O)[O-]. The van der Waals surface area contributed by atoms with Crippen molar-refractivity contribution in [3.63, 3.8) is 0 Å². The molecule has 0 unspecified atom stereocenters. The van der Waals surface area contributed by atoms with Gasteiger partial charge in [0.1, 0.15) is 16.9 Å². The first-order chi connectivity index (χ1) is 17.8. The number of rotatable bonds is 9. The summed E-state index contributed by atoms with van der Waals surface area (Å²) in [5.74, 6) is 0.0982. The number of esters is 1. The molecule has 13 heteroatoms. The van der Waals surface area contributed by atoms with Crippen molar-refractivity contribution in [1.29, 1.82) is 0 Å². The summed E-state index contributed by atoms with van der Waals surface area (Å²) < 4.78 is 10.4. The second kappa shape index (κ2) is 11.4. The Bertz CT molecular complexity index is 1270. The van der Waals surface area contributed by atoms with Gasteiger partial charge in [-0.25, -0.2) is 9.78 Å². The number of benzene rings is 1. The standard InChI is InChI=1S/C24H29N7O5S/c1-29(2)15-7-10-30(11-8-15)16-5-6-18(20(13-16)35-3)26-24-25-14-19(31(33)34)21(28-24)27-22-17(9-12-37-22)23(32)36-4/h5-6,9,12-15H,7-8,10-11H2,1-4H3,(H2,25,26,27,28). The summed E-state index contributed by atoms with van der Waals surface area (Å²) in [4.78, 5) is 36.0. The second-order valence-corrected chi connectivity index (χ2v) is 9.57. The van der Waals surface area contributed by atoms with Crippen LogP contribution in [0.15, 0.2) is 35.8 Å². The van der Waals surface area contributed by atoms with Crippen molar-refractivity contribution in [2.75, 3.05) is 56.9 Å². The molecule has 0 atom stereocenters. The number of aromatic nitrogens is 2. The zero-order valence-electron chi connectivity index (χ0n) is 21.1. The molecule has 0 bridgehead atoms. The summed E-state index contributed by atoms with van der Waals surface area (Å²) in [6.45, 7) is 1.91. The van der Waals surface area contributed by atoms with Crippen molar-refractivity contribution in [3.05, 3.63) is 51.5 Å². The monoisotopic (exact) mass is 527 g/mol. The van der Waals surface area contributed by atoms with E-state index in [9.17, 15) is 14.9 Å². The van der Waals surface area contributed by atoms with Crippen molar-refractivity contribution >= 4 is 51.1 Å². The van der Waals surface area contributed by atoms with Crippen molar-refractivity contribution in [2.45, 2.75) is 18.9 Å². The van der Waals surface area contributed by atoms with Crippen LogP contribution in [0.3, 0.4) is 0 Å². The van der Waals surface area contributed by atoms with Crippen LogP contribution in [0.2, 0.25) is 0 Å². The number of hydrogen-bond acceptors (Lipinski definition) is 12. The van der Waals surface area contributed by atoms with Gasteiger partial charge >= 0.3 is 11.7 Å². The number of hydrogen-bond donors (Lipinski definition) is 2. The van der Waals surface area contributed by atoms with Gasteiger partial charge < -0.3 is 29.9 Å². The quantitative estimate of drug-likeness (QED) is 0.235. The summed E-state index contributed by atoms with van der Waals surface area (Å²) in [5.41, 5.74) is 1.58. The highest BCUT2D eigenvalue weighted by atomic mass is 32.1. The first kappa shape index (κ1) is 26.1. The van der Waals surface area contributed by atoms with Gasteiger partial charge in [-0.05, 0) is 50.5 Å². The van der Waals surface area contributed by atoms with Crippen molar-refractivity contribution in [3.8, 4) is 5.75 Å². The first-order valence-electron chi connectivity index (χ1n) is 11.6. The highest BCUT2D eigenvalue weighted by Gasteiger charge is 2.23. The molecule has 37 heavy (non-hydrogen) atoms. The molecule has 12 nitrogen and oxygen atoms in total. The van der Waals surface area contributed by atoms with Crippen LogP contribution in [0, 0.1) is 10.1 Å². The minimum atomic E-state index is -0.591.